The molecule has 0 saturated heterocycles. The molecule has 13 heteroatoms. The molecule has 2 amide bonds. The summed E-state index contributed by atoms with van der Waals surface area (Å²) >= 11 is 0. The molecule has 0 aliphatic heterocycles. The Morgan fingerprint density at radius 1 is 0.689 bits per heavy atom. The van der Waals surface area contributed by atoms with Gasteiger partial charge in [0.25, 0.3) is 0 Å². The molecule has 3 aromatic rings. The highest BCUT2D eigenvalue weighted by atomic mass is 16.8. The van der Waals surface area contributed by atoms with Crippen molar-refractivity contribution in [2.75, 3.05) is 42.4 Å². The van der Waals surface area contributed by atoms with Gasteiger partial charge in [0.15, 0.2) is 6.10 Å². The van der Waals surface area contributed by atoms with E-state index in [1.54, 1.807) is 54.6 Å². The SMILES string of the molecule is COC(=O)C(O)c1ccccc1.COC(=O)C(OC(=O)N(C)C)(OC(=O)N(C)C)c1ccccc1.O=C(O)Cc1ccccc1. The molecule has 0 fully saturated rings. The Morgan fingerprint density at radius 3 is 1.49 bits per heavy atom. The zero-order valence-electron chi connectivity index (χ0n) is 25.9. The van der Waals surface area contributed by atoms with Crippen molar-refractivity contribution in [2.24, 2.45) is 0 Å². The van der Waals surface area contributed by atoms with Gasteiger partial charge in [-0.2, -0.15) is 0 Å². The van der Waals surface area contributed by atoms with Crippen LogP contribution in [0.5, 0.6) is 0 Å². The van der Waals surface area contributed by atoms with Crippen molar-refractivity contribution in [1.29, 1.82) is 0 Å². The Kier molecular flexibility index (Phi) is 15.8. The van der Waals surface area contributed by atoms with Crippen LogP contribution in [0, 0.1) is 0 Å². The van der Waals surface area contributed by atoms with Gasteiger partial charge in [0.05, 0.1) is 20.6 Å². The number of nitrogens with zero attached hydrogens (tertiary/aromatic N) is 2. The Labute approximate surface area is 261 Å². The number of rotatable bonds is 8. The molecule has 0 heterocycles. The first-order valence-corrected chi connectivity index (χ1v) is 13.3. The number of carboxylic acid groups (broad SMARTS) is 1. The topological polar surface area (TPSA) is 169 Å². The average Bonchev–Trinajstić information content (AvgIpc) is 3.04. The summed E-state index contributed by atoms with van der Waals surface area (Å²) < 4.78 is 19.5. The van der Waals surface area contributed by atoms with E-state index >= 15 is 0 Å². The maximum Gasteiger partial charge on any atom is 0.413 e. The lowest BCUT2D eigenvalue weighted by atomic mass is 10.1. The summed E-state index contributed by atoms with van der Waals surface area (Å²) in [5.41, 5.74) is 1.54. The molecule has 0 aliphatic carbocycles. The number of carbonyl (C=O) groups excluding carboxylic acids is 4. The third-order valence-electron chi connectivity index (χ3n) is 5.54. The minimum absolute atomic E-state index is 0.112. The van der Waals surface area contributed by atoms with Crippen LogP contribution in [0.4, 0.5) is 9.59 Å². The smallest absolute Gasteiger partial charge is 0.413 e. The molecule has 0 aromatic heterocycles. The Balaban J connectivity index is 0.000000381. The Bertz CT molecular complexity index is 1340. The van der Waals surface area contributed by atoms with Crippen LogP contribution in [-0.2, 0) is 45.5 Å². The van der Waals surface area contributed by atoms with Crippen LogP contribution in [0.15, 0.2) is 91.0 Å². The number of benzene rings is 3. The molecule has 0 saturated carbocycles. The molecule has 3 rings (SSSR count). The van der Waals surface area contributed by atoms with Gasteiger partial charge in [0, 0.05) is 33.8 Å². The molecule has 242 valence electrons. The summed E-state index contributed by atoms with van der Waals surface area (Å²) in [7, 11) is 8.08. The number of amides is 2. The van der Waals surface area contributed by atoms with E-state index in [1.165, 1.54) is 47.4 Å². The highest BCUT2D eigenvalue weighted by molar-refractivity contribution is 5.85. The van der Waals surface area contributed by atoms with Crippen molar-refractivity contribution in [3.63, 3.8) is 0 Å². The lowest BCUT2D eigenvalue weighted by Gasteiger charge is -2.31. The van der Waals surface area contributed by atoms with Gasteiger partial charge >= 0.3 is 35.9 Å². The van der Waals surface area contributed by atoms with Gasteiger partial charge in [-0.15, -0.1) is 0 Å². The number of hydrogen-bond acceptors (Lipinski definition) is 10. The second-order valence-electron chi connectivity index (χ2n) is 9.39. The first-order chi connectivity index (χ1) is 21.3. The van der Waals surface area contributed by atoms with E-state index in [0.717, 1.165) is 22.5 Å². The maximum atomic E-state index is 12.3. The van der Waals surface area contributed by atoms with E-state index in [-0.39, 0.29) is 12.0 Å². The number of ether oxygens (including phenoxy) is 4. The summed E-state index contributed by atoms with van der Waals surface area (Å²) in [6.07, 6.45) is -2.80. The Morgan fingerprint density at radius 2 is 1.11 bits per heavy atom. The highest BCUT2D eigenvalue weighted by Crippen LogP contribution is 2.30. The fraction of sp³-hybridized carbons (Fsp3) is 0.281. The summed E-state index contributed by atoms with van der Waals surface area (Å²) in [4.78, 5) is 59.5. The van der Waals surface area contributed by atoms with E-state index in [2.05, 4.69) is 4.74 Å². The quantitative estimate of drug-likeness (QED) is 0.213. The number of esters is 2. The van der Waals surface area contributed by atoms with Crippen molar-refractivity contribution < 1.29 is 53.1 Å². The highest BCUT2D eigenvalue weighted by Gasteiger charge is 2.51. The Hall–Kier alpha value is -5.43. The lowest BCUT2D eigenvalue weighted by molar-refractivity contribution is -0.214. The van der Waals surface area contributed by atoms with Crippen LogP contribution in [-0.4, -0.2) is 92.5 Å². The molecule has 1 unspecified atom stereocenters. The van der Waals surface area contributed by atoms with E-state index in [4.69, 9.17) is 19.3 Å². The van der Waals surface area contributed by atoms with Gasteiger partial charge < -0.3 is 39.0 Å². The van der Waals surface area contributed by atoms with Crippen LogP contribution in [0.2, 0.25) is 0 Å². The van der Waals surface area contributed by atoms with Crippen LogP contribution >= 0.6 is 0 Å². The van der Waals surface area contributed by atoms with Crippen molar-refractivity contribution in [3.05, 3.63) is 108 Å². The second-order valence-corrected chi connectivity index (χ2v) is 9.39. The second kappa shape index (κ2) is 19.0. The predicted molar refractivity (Wildman–Crippen MR) is 162 cm³/mol. The lowest BCUT2D eigenvalue weighted by Crippen LogP contribution is -2.48. The van der Waals surface area contributed by atoms with Crippen molar-refractivity contribution in [1.82, 2.24) is 9.80 Å². The first-order valence-electron chi connectivity index (χ1n) is 13.3. The van der Waals surface area contributed by atoms with Gasteiger partial charge in [-0.3, -0.25) is 4.79 Å². The van der Waals surface area contributed by atoms with E-state index < -0.39 is 42.0 Å². The van der Waals surface area contributed by atoms with E-state index in [0.29, 0.717) is 5.56 Å². The van der Waals surface area contributed by atoms with Crippen LogP contribution in [0.25, 0.3) is 0 Å². The monoisotopic (exact) mass is 626 g/mol. The molecule has 0 radical (unpaired) electrons. The number of hydrogen-bond donors (Lipinski definition) is 2. The molecule has 45 heavy (non-hydrogen) atoms. The van der Waals surface area contributed by atoms with Gasteiger partial charge in [-0.05, 0) is 11.1 Å². The summed E-state index contributed by atoms with van der Waals surface area (Å²) in [6, 6.07) is 25.7. The van der Waals surface area contributed by atoms with Crippen LogP contribution < -0.4 is 0 Å². The average molecular weight is 627 g/mol. The first kappa shape index (κ1) is 37.6. The van der Waals surface area contributed by atoms with Crippen molar-refractivity contribution >= 4 is 30.1 Å². The zero-order chi connectivity index (χ0) is 34.0. The molecular formula is C32H38N2O11. The fourth-order valence-electron chi connectivity index (χ4n) is 3.21. The standard InChI is InChI=1S/C15H20N2O6.C9H10O3.C8H8O2/c1-16(2)13(19)22-15(12(18)21-5,23-14(20)17(3)4)11-9-7-6-8-10-11;1-12-9(11)8(10)7-5-3-2-4-6-7;9-8(10)6-7-4-2-1-3-5-7/h6-10H,1-5H3;2-6,8,10H,1H3;1-5H,6H2,(H,9,10). The van der Waals surface area contributed by atoms with Gasteiger partial charge in [-0.1, -0.05) is 91.0 Å². The number of aliphatic carboxylic acids is 1. The molecule has 13 nitrogen and oxygen atoms in total. The molecule has 0 bridgehead atoms. The minimum atomic E-state index is -2.33. The third-order valence-corrected chi connectivity index (χ3v) is 5.54. The zero-order valence-corrected chi connectivity index (χ0v) is 25.9. The maximum absolute atomic E-state index is 12.3. The van der Waals surface area contributed by atoms with Gasteiger partial charge in [0.2, 0.25) is 0 Å². The predicted octanol–water partition coefficient (Wildman–Crippen LogP) is 3.62. The number of carboxylic acids is 1. The summed E-state index contributed by atoms with van der Waals surface area (Å²) in [5.74, 6) is -4.79. The fourth-order valence-corrected chi connectivity index (χ4v) is 3.21. The molecule has 1 atom stereocenters. The van der Waals surface area contributed by atoms with Crippen LogP contribution in [0.3, 0.4) is 0 Å². The number of aliphatic hydroxyl groups excluding tert-OH is 1. The largest absolute Gasteiger partial charge is 0.481 e. The van der Waals surface area contributed by atoms with Crippen molar-refractivity contribution in [2.45, 2.75) is 18.3 Å². The number of aliphatic hydroxyl groups is 1. The van der Waals surface area contributed by atoms with Crippen molar-refractivity contribution in [3.8, 4) is 0 Å². The molecule has 3 aromatic carbocycles. The van der Waals surface area contributed by atoms with E-state index in [9.17, 15) is 29.1 Å². The molecule has 0 spiro atoms. The number of methoxy groups -OCH3 is 2. The van der Waals surface area contributed by atoms with Gasteiger partial charge in [0.1, 0.15) is 0 Å². The third kappa shape index (κ3) is 12.4. The molecule has 2 N–H and O–H groups in total. The summed E-state index contributed by atoms with van der Waals surface area (Å²) in [6.45, 7) is 0. The normalized spacial score (nSPS) is 10.6. The van der Waals surface area contributed by atoms with E-state index in [1.807, 2.05) is 24.3 Å². The molecule has 0 aliphatic rings. The summed E-state index contributed by atoms with van der Waals surface area (Å²) in [5, 5.41) is 17.7. The van der Waals surface area contributed by atoms with Gasteiger partial charge in [-0.25, -0.2) is 19.2 Å². The number of carbonyl (C=O) groups is 5. The van der Waals surface area contributed by atoms with Crippen LogP contribution in [0.1, 0.15) is 22.8 Å². The molecular weight excluding hydrogens is 588 g/mol. The minimum Gasteiger partial charge on any atom is -0.481 e.